The highest BCUT2D eigenvalue weighted by atomic mass is 35.5. The molecule has 3 N–H and O–H groups in total. The monoisotopic (exact) mass is 424 g/mol. The molecule has 0 atom stereocenters. The first kappa shape index (κ1) is 21.5. The molecule has 0 unspecified atom stereocenters. The highest BCUT2D eigenvalue weighted by Crippen LogP contribution is 2.38. The van der Waals surface area contributed by atoms with E-state index in [-0.39, 0.29) is 11.4 Å². The molecule has 156 valence electrons. The molecule has 0 saturated heterocycles. The predicted molar refractivity (Wildman–Crippen MR) is 119 cm³/mol. The Labute approximate surface area is 181 Å². The second-order valence-electron chi connectivity index (χ2n) is 7.52. The van der Waals surface area contributed by atoms with Crippen LogP contribution in [0.2, 0.25) is 5.02 Å². The van der Waals surface area contributed by atoms with Gasteiger partial charge in [0.15, 0.2) is 5.75 Å². The van der Waals surface area contributed by atoms with Crippen LogP contribution in [0, 0.1) is 11.3 Å². The lowest BCUT2D eigenvalue weighted by molar-refractivity contribution is 0.316. The minimum Gasteiger partial charge on any atom is -0.491 e. The van der Waals surface area contributed by atoms with Crippen molar-refractivity contribution >= 4 is 23.3 Å². The van der Waals surface area contributed by atoms with Crippen LogP contribution in [0.4, 0.5) is 11.7 Å². The van der Waals surface area contributed by atoms with Crippen LogP contribution in [0.5, 0.6) is 5.75 Å². The van der Waals surface area contributed by atoms with E-state index in [1.165, 1.54) is 0 Å². The van der Waals surface area contributed by atoms with Crippen LogP contribution in [0.25, 0.3) is 0 Å². The zero-order valence-electron chi connectivity index (χ0n) is 17.3. The van der Waals surface area contributed by atoms with Crippen molar-refractivity contribution in [3.05, 3.63) is 70.1 Å². The average molecular weight is 425 g/mol. The van der Waals surface area contributed by atoms with Crippen molar-refractivity contribution in [2.24, 2.45) is 0 Å². The number of nitriles is 1. The highest BCUT2D eigenvalue weighted by Gasteiger charge is 2.26. The molecule has 3 rings (SSSR count). The molecule has 2 aromatic carbocycles. The van der Waals surface area contributed by atoms with E-state index < -0.39 is 0 Å². The van der Waals surface area contributed by atoms with Gasteiger partial charge in [0.25, 0.3) is 6.01 Å². The molecule has 6 nitrogen and oxygen atoms in total. The number of nitrogens with one attached hydrogen (secondary N) is 1. The van der Waals surface area contributed by atoms with E-state index in [1.807, 2.05) is 31.2 Å². The van der Waals surface area contributed by atoms with Gasteiger partial charge in [0.1, 0.15) is 11.8 Å². The van der Waals surface area contributed by atoms with Crippen molar-refractivity contribution in [1.82, 2.24) is 4.98 Å². The number of rotatable bonds is 8. The molecule has 30 heavy (non-hydrogen) atoms. The van der Waals surface area contributed by atoms with E-state index in [0.29, 0.717) is 35.2 Å². The number of nitrogen functional groups attached to an aromatic ring is 1. The summed E-state index contributed by atoms with van der Waals surface area (Å²) in [6.07, 6.45) is 2.45. The lowest BCUT2D eigenvalue weighted by Gasteiger charge is -2.27. The van der Waals surface area contributed by atoms with Gasteiger partial charge in [-0.25, -0.2) is 4.98 Å². The number of oxazole rings is 1. The maximum atomic E-state index is 9.58. The topological polar surface area (TPSA) is 97.1 Å². The van der Waals surface area contributed by atoms with Crippen LogP contribution in [0.15, 0.2) is 47.0 Å². The molecule has 0 bridgehead atoms. The fraction of sp³-hybridized carbons (Fsp3) is 0.304. The first-order valence-electron chi connectivity index (χ1n) is 9.76. The molecule has 7 heteroatoms. The molecule has 3 aromatic rings. The Morgan fingerprint density at radius 1 is 1.23 bits per heavy atom. The van der Waals surface area contributed by atoms with E-state index in [1.54, 1.807) is 6.20 Å². The molecule has 0 amide bonds. The number of benzene rings is 2. The first-order chi connectivity index (χ1) is 14.3. The summed E-state index contributed by atoms with van der Waals surface area (Å²) in [4.78, 5) is 3.88. The van der Waals surface area contributed by atoms with Crippen LogP contribution < -0.4 is 15.8 Å². The van der Waals surface area contributed by atoms with E-state index in [0.717, 1.165) is 23.2 Å². The Morgan fingerprint density at radius 3 is 2.57 bits per heavy atom. The Balaban J connectivity index is 1.80. The summed E-state index contributed by atoms with van der Waals surface area (Å²) in [6, 6.07) is 14.2. The number of hydrogen-bond donors (Lipinski definition) is 2. The number of halogens is 1. The maximum Gasteiger partial charge on any atom is 0.292 e. The third-order valence-electron chi connectivity index (χ3n) is 4.98. The zero-order chi connectivity index (χ0) is 21.7. The third-order valence-corrected chi connectivity index (χ3v) is 5.26. The summed E-state index contributed by atoms with van der Waals surface area (Å²) in [5, 5.41) is 13.3. The maximum absolute atomic E-state index is 9.58. The first-order valence-corrected chi connectivity index (χ1v) is 10.1. The molecule has 0 aliphatic rings. The Kier molecular flexibility index (Phi) is 6.53. The van der Waals surface area contributed by atoms with Crippen molar-refractivity contribution in [3.8, 4) is 11.8 Å². The SMILES string of the molecule is CCCOc1c(Cl)cc(C(C)(C)c2ccc(NCc3cnc(N)o3)cc2)cc1C#N. The van der Waals surface area contributed by atoms with E-state index >= 15 is 0 Å². The summed E-state index contributed by atoms with van der Waals surface area (Å²) in [6.45, 7) is 7.23. The van der Waals surface area contributed by atoms with E-state index in [4.69, 9.17) is 26.5 Å². The van der Waals surface area contributed by atoms with E-state index in [2.05, 4.69) is 42.4 Å². The molecule has 0 aliphatic heterocycles. The largest absolute Gasteiger partial charge is 0.491 e. The quantitative estimate of drug-likeness (QED) is 0.494. The summed E-state index contributed by atoms with van der Waals surface area (Å²) in [7, 11) is 0. The van der Waals surface area contributed by atoms with Gasteiger partial charge in [-0.15, -0.1) is 0 Å². The molecule has 0 radical (unpaired) electrons. The molecule has 0 spiro atoms. The number of hydrogen-bond acceptors (Lipinski definition) is 6. The Bertz CT molecular complexity index is 1050. The van der Waals surface area contributed by atoms with Crippen molar-refractivity contribution in [2.75, 3.05) is 17.7 Å². The van der Waals surface area contributed by atoms with Crippen LogP contribution >= 0.6 is 11.6 Å². The predicted octanol–water partition coefficient (Wildman–Crippen LogP) is 5.51. The van der Waals surface area contributed by atoms with Gasteiger partial charge in [-0.1, -0.05) is 44.5 Å². The van der Waals surface area contributed by atoms with E-state index in [9.17, 15) is 5.26 Å². The van der Waals surface area contributed by atoms with Gasteiger partial charge in [0, 0.05) is 11.1 Å². The number of nitrogens with zero attached hydrogens (tertiary/aromatic N) is 2. The van der Waals surface area contributed by atoms with Crippen LogP contribution in [0.3, 0.4) is 0 Å². The second-order valence-corrected chi connectivity index (χ2v) is 7.92. The molecule has 1 aromatic heterocycles. The van der Waals surface area contributed by atoms with Gasteiger partial charge in [-0.05, 0) is 41.8 Å². The Morgan fingerprint density at radius 2 is 1.97 bits per heavy atom. The van der Waals surface area contributed by atoms with Gasteiger partial charge in [-0.2, -0.15) is 5.26 Å². The van der Waals surface area contributed by atoms with Gasteiger partial charge < -0.3 is 20.2 Å². The minimum absolute atomic E-state index is 0.158. The smallest absolute Gasteiger partial charge is 0.292 e. The van der Waals surface area contributed by atoms with Crippen molar-refractivity contribution in [1.29, 1.82) is 5.26 Å². The van der Waals surface area contributed by atoms with Crippen molar-refractivity contribution in [3.63, 3.8) is 0 Å². The second kappa shape index (κ2) is 9.10. The lowest BCUT2D eigenvalue weighted by Crippen LogP contribution is -2.19. The van der Waals surface area contributed by atoms with Gasteiger partial charge in [-0.3, -0.25) is 0 Å². The fourth-order valence-electron chi connectivity index (χ4n) is 3.15. The fourth-order valence-corrected chi connectivity index (χ4v) is 3.43. The molecule has 0 fully saturated rings. The summed E-state index contributed by atoms with van der Waals surface area (Å²) in [5.74, 6) is 1.12. The van der Waals surface area contributed by atoms with Gasteiger partial charge >= 0.3 is 0 Å². The van der Waals surface area contributed by atoms with Crippen LogP contribution in [-0.2, 0) is 12.0 Å². The molecule has 0 aliphatic carbocycles. The highest BCUT2D eigenvalue weighted by molar-refractivity contribution is 6.32. The molecule has 1 heterocycles. The molecular weight excluding hydrogens is 400 g/mol. The Hall–Kier alpha value is -3.17. The standard InChI is InChI=1S/C23H25ClN4O2/c1-4-9-29-21-15(12-25)10-17(11-20(21)24)23(2,3)16-5-7-18(8-6-16)27-13-19-14-28-22(26)30-19/h5-8,10-11,14,27H,4,9,13H2,1-3H3,(H2,26,28). The van der Waals surface area contributed by atoms with Gasteiger partial charge in [0.05, 0.1) is 29.9 Å². The van der Waals surface area contributed by atoms with Crippen molar-refractivity contribution in [2.45, 2.75) is 39.2 Å². The van der Waals surface area contributed by atoms with Crippen LogP contribution in [0.1, 0.15) is 49.6 Å². The number of ether oxygens (including phenoxy) is 1. The minimum atomic E-state index is -0.351. The zero-order valence-corrected chi connectivity index (χ0v) is 18.1. The summed E-state index contributed by atoms with van der Waals surface area (Å²) in [5.41, 5.74) is 8.58. The molecular formula is C23H25ClN4O2. The van der Waals surface area contributed by atoms with Gasteiger partial charge in [0.2, 0.25) is 0 Å². The third kappa shape index (κ3) is 4.69. The average Bonchev–Trinajstić information content (AvgIpc) is 3.16. The van der Waals surface area contributed by atoms with Crippen molar-refractivity contribution < 1.29 is 9.15 Å². The number of anilines is 2. The normalized spacial score (nSPS) is 11.2. The number of aromatic nitrogens is 1. The lowest BCUT2D eigenvalue weighted by atomic mass is 9.77. The number of nitrogens with two attached hydrogens (primary N) is 1. The molecule has 0 saturated carbocycles. The summed E-state index contributed by atoms with van der Waals surface area (Å²) < 4.78 is 10.9. The van der Waals surface area contributed by atoms with Crippen LogP contribution in [-0.4, -0.2) is 11.6 Å². The summed E-state index contributed by atoms with van der Waals surface area (Å²) >= 11 is 6.46.